The summed E-state index contributed by atoms with van der Waals surface area (Å²) in [6.07, 6.45) is 7.88. The minimum atomic E-state index is -1.19. The van der Waals surface area contributed by atoms with Crippen molar-refractivity contribution in [3.05, 3.63) is 0 Å². The zero-order valence-electron chi connectivity index (χ0n) is 6.10. The number of hydrogen-bond donors (Lipinski definition) is 1. The Morgan fingerprint density at radius 3 is 3.00 bits per heavy atom. The summed E-state index contributed by atoms with van der Waals surface area (Å²) < 4.78 is 0. The number of fused-ring (bicyclic) bond motifs is 1. The van der Waals surface area contributed by atoms with E-state index < -0.39 is 5.66 Å². The minimum absolute atomic E-state index is 0.438. The monoisotopic (exact) mass is 159 g/mol. The molecule has 2 heterocycles. The summed E-state index contributed by atoms with van der Waals surface area (Å²) in [7, 11) is 0. The lowest BCUT2D eigenvalue weighted by atomic mass is 10.1. The van der Waals surface area contributed by atoms with Gasteiger partial charge < -0.3 is 0 Å². The fourth-order valence-corrected chi connectivity index (χ4v) is 0.965. The topological polar surface area (TPSA) is 75.5 Å². The highest BCUT2D eigenvalue weighted by molar-refractivity contribution is 6.51. The lowest BCUT2D eigenvalue weighted by Crippen LogP contribution is -2.49. The molecule has 58 valence electrons. The SMILES string of the molecule is C#CC1(N)N=CN=C2N=CN=C21. The number of amidine groups is 1. The van der Waals surface area contributed by atoms with E-state index in [1.54, 1.807) is 0 Å². The lowest BCUT2D eigenvalue weighted by Gasteiger charge is -2.19. The third-order valence-electron chi connectivity index (χ3n) is 1.60. The van der Waals surface area contributed by atoms with Crippen LogP contribution in [0.3, 0.4) is 0 Å². The lowest BCUT2D eigenvalue weighted by molar-refractivity contribution is 0.778. The highest BCUT2D eigenvalue weighted by Crippen LogP contribution is 2.13. The Kier molecular flexibility index (Phi) is 1.20. The average Bonchev–Trinajstić information content (AvgIpc) is 2.54. The number of aliphatic imine (C=N–C) groups is 4. The first-order chi connectivity index (χ1) is 5.76. The van der Waals surface area contributed by atoms with Gasteiger partial charge in [-0.3, -0.25) is 5.73 Å². The van der Waals surface area contributed by atoms with Crippen LogP contribution in [0.15, 0.2) is 20.0 Å². The van der Waals surface area contributed by atoms with Crippen molar-refractivity contribution in [1.82, 2.24) is 0 Å². The molecule has 2 rings (SSSR count). The number of nitrogens with zero attached hydrogens (tertiary/aromatic N) is 4. The van der Waals surface area contributed by atoms with Crippen molar-refractivity contribution in [2.75, 3.05) is 0 Å². The zero-order chi connectivity index (χ0) is 8.60. The molecule has 0 bridgehead atoms. The van der Waals surface area contributed by atoms with Gasteiger partial charge in [-0.15, -0.1) is 6.42 Å². The Morgan fingerprint density at radius 1 is 1.42 bits per heavy atom. The quantitative estimate of drug-likeness (QED) is 0.461. The normalized spacial score (nSPS) is 30.7. The molecule has 0 spiro atoms. The molecule has 0 aliphatic carbocycles. The Bertz CT molecular complexity index is 381. The first-order valence-electron chi connectivity index (χ1n) is 3.25. The molecule has 2 aliphatic heterocycles. The summed E-state index contributed by atoms with van der Waals surface area (Å²) in [6, 6.07) is 0. The van der Waals surface area contributed by atoms with E-state index in [0.29, 0.717) is 11.5 Å². The van der Waals surface area contributed by atoms with Crippen molar-refractivity contribution in [3.8, 4) is 12.3 Å². The van der Waals surface area contributed by atoms with Gasteiger partial charge in [0, 0.05) is 0 Å². The maximum absolute atomic E-state index is 5.72. The van der Waals surface area contributed by atoms with Crippen LogP contribution in [0.25, 0.3) is 0 Å². The molecular weight excluding hydrogens is 154 g/mol. The summed E-state index contributed by atoms with van der Waals surface area (Å²) in [4.78, 5) is 15.4. The van der Waals surface area contributed by atoms with Crippen LogP contribution in [0.4, 0.5) is 0 Å². The first-order valence-corrected chi connectivity index (χ1v) is 3.25. The molecule has 2 aliphatic rings. The van der Waals surface area contributed by atoms with Crippen LogP contribution in [0.1, 0.15) is 0 Å². The molecule has 1 unspecified atom stereocenters. The van der Waals surface area contributed by atoms with Crippen LogP contribution in [-0.2, 0) is 0 Å². The van der Waals surface area contributed by atoms with Gasteiger partial charge in [-0.05, 0) is 0 Å². The van der Waals surface area contributed by atoms with Crippen molar-refractivity contribution < 1.29 is 0 Å². The molecule has 0 saturated carbocycles. The van der Waals surface area contributed by atoms with Gasteiger partial charge in [0.15, 0.2) is 5.84 Å². The molecule has 0 fully saturated rings. The minimum Gasteiger partial charge on any atom is -0.291 e. The molecule has 5 heteroatoms. The largest absolute Gasteiger partial charge is 0.291 e. The van der Waals surface area contributed by atoms with Crippen LogP contribution >= 0.6 is 0 Å². The van der Waals surface area contributed by atoms with Gasteiger partial charge in [-0.25, -0.2) is 20.0 Å². The second-order valence-corrected chi connectivity index (χ2v) is 2.33. The number of hydrogen-bond acceptors (Lipinski definition) is 5. The predicted octanol–water partition coefficient (Wildman–Crippen LogP) is -0.802. The predicted molar refractivity (Wildman–Crippen MR) is 47.6 cm³/mol. The summed E-state index contributed by atoms with van der Waals surface area (Å²) in [5, 5.41) is 0. The summed E-state index contributed by atoms with van der Waals surface area (Å²) >= 11 is 0. The highest BCUT2D eigenvalue weighted by atomic mass is 15.2. The maximum Gasteiger partial charge on any atom is 0.218 e. The molecule has 0 aromatic heterocycles. The molecule has 0 saturated heterocycles. The molecule has 2 N–H and O–H groups in total. The van der Waals surface area contributed by atoms with Crippen molar-refractivity contribution in [2.45, 2.75) is 5.66 Å². The van der Waals surface area contributed by atoms with E-state index >= 15 is 0 Å². The Morgan fingerprint density at radius 2 is 2.25 bits per heavy atom. The van der Waals surface area contributed by atoms with Crippen molar-refractivity contribution in [1.29, 1.82) is 0 Å². The van der Waals surface area contributed by atoms with Crippen molar-refractivity contribution in [2.24, 2.45) is 25.7 Å². The second kappa shape index (κ2) is 2.09. The fourth-order valence-electron chi connectivity index (χ4n) is 0.965. The molecule has 0 aromatic rings. The van der Waals surface area contributed by atoms with Gasteiger partial charge in [0.2, 0.25) is 5.66 Å². The van der Waals surface area contributed by atoms with Crippen molar-refractivity contribution >= 4 is 24.2 Å². The standard InChI is InChI=1S/C7H5N5/c1-2-7(8)5-6(10-3-9-5)11-4-12-7/h1,3-4H,8H2. The Balaban J connectivity index is 2.54. The van der Waals surface area contributed by atoms with E-state index in [2.05, 4.69) is 25.9 Å². The molecule has 0 aromatic carbocycles. The number of terminal acetylenes is 1. The smallest absolute Gasteiger partial charge is 0.218 e. The first kappa shape index (κ1) is 6.88. The van der Waals surface area contributed by atoms with Crippen LogP contribution in [0.5, 0.6) is 0 Å². The van der Waals surface area contributed by atoms with Crippen LogP contribution in [0.2, 0.25) is 0 Å². The molecule has 12 heavy (non-hydrogen) atoms. The van der Waals surface area contributed by atoms with E-state index in [0.717, 1.165) is 0 Å². The Hall–Kier alpha value is -1.80. The zero-order valence-corrected chi connectivity index (χ0v) is 6.10. The molecule has 0 radical (unpaired) electrons. The van der Waals surface area contributed by atoms with E-state index in [9.17, 15) is 0 Å². The van der Waals surface area contributed by atoms with E-state index in [1.807, 2.05) is 0 Å². The van der Waals surface area contributed by atoms with Gasteiger partial charge in [0.1, 0.15) is 18.4 Å². The van der Waals surface area contributed by atoms with Gasteiger partial charge in [-0.1, -0.05) is 5.92 Å². The average molecular weight is 159 g/mol. The molecule has 1 atom stereocenters. The van der Waals surface area contributed by atoms with Gasteiger partial charge in [-0.2, -0.15) is 0 Å². The van der Waals surface area contributed by atoms with E-state index in [4.69, 9.17) is 12.2 Å². The third-order valence-corrected chi connectivity index (χ3v) is 1.60. The van der Waals surface area contributed by atoms with E-state index in [-0.39, 0.29) is 0 Å². The van der Waals surface area contributed by atoms with E-state index in [1.165, 1.54) is 12.7 Å². The van der Waals surface area contributed by atoms with Crippen LogP contribution < -0.4 is 5.73 Å². The maximum atomic E-state index is 5.72. The summed E-state index contributed by atoms with van der Waals surface area (Å²) in [5.41, 5.74) is 4.97. The summed E-state index contributed by atoms with van der Waals surface area (Å²) in [6.45, 7) is 0. The van der Waals surface area contributed by atoms with Gasteiger partial charge in [0.05, 0.1) is 0 Å². The fraction of sp³-hybridized carbons (Fsp3) is 0.143. The summed E-state index contributed by atoms with van der Waals surface area (Å²) in [5.74, 6) is 2.79. The van der Waals surface area contributed by atoms with Gasteiger partial charge in [0.25, 0.3) is 0 Å². The highest BCUT2D eigenvalue weighted by Gasteiger charge is 2.35. The Labute approximate surface area is 68.8 Å². The molecular formula is C7H5N5. The number of nitrogens with two attached hydrogens (primary N) is 1. The van der Waals surface area contributed by atoms with Crippen LogP contribution in [-0.4, -0.2) is 29.9 Å². The van der Waals surface area contributed by atoms with Crippen molar-refractivity contribution in [3.63, 3.8) is 0 Å². The molecule has 0 amide bonds. The number of rotatable bonds is 0. The van der Waals surface area contributed by atoms with Gasteiger partial charge >= 0.3 is 0 Å². The third kappa shape index (κ3) is 0.726. The molecule has 5 nitrogen and oxygen atoms in total. The van der Waals surface area contributed by atoms with Crippen LogP contribution in [0, 0.1) is 12.3 Å². The second-order valence-electron chi connectivity index (χ2n) is 2.33.